The van der Waals surface area contributed by atoms with Crippen LogP contribution >= 0.6 is 0 Å². The molecule has 32 heavy (non-hydrogen) atoms. The van der Waals surface area contributed by atoms with Crippen LogP contribution in [0, 0.1) is 6.92 Å². The molecule has 1 atom stereocenters. The Morgan fingerprint density at radius 3 is 2.69 bits per heavy atom. The number of furan rings is 1. The lowest BCUT2D eigenvalue weighted by atomic mass is 10.1. The molecule has 166 valence electrons. The fourth-order valence-corrected chi connectivity index (χ4v) is 3.54. The summed E-state index contributed by atoms with van der Waals surface area (Å²) in [6, 6.07) is 17.3. The van der Waals surface area contributed by atoms with Gasteiger partial charge in [-0.3, -0.25) is 0 Å². The highest BCUT2D eigenvalue weighted by Crippen LogP contribution is 2.27. The smallest absolute Gasteiger partial charge is 0.333 e. The van der Waals surface area contributed by atoms with E-state index in [9.17, 15) is 9.90 Å². The van der Waals surface area contributed by atoms with E-state index in [1.165, 1.54) is 0 Å². The zero-order chi connectivity index (χ0) is 22.5. The van der Waals surface area contributed by atoms with Gasteiger partial charge in [0, 0.05) is 30.6 Å². The van der Waals surface area contributed by atoms with Crippen LogP contribution in [-0.2, 0) is 22.4 Å². The van der Waals surface area contributed by atoms with Gasteiger partial charge in [-0.25, -0.2) is 9.78 Å². The number of aliphatic carboxylic acids is 1. The lowest BCUT2D eigenvalue weighted by Crippen LogP contribution is -2.27. The normalized spacial score (nSPS) is 12.3. The number of benzene rings is 2. The standard InChI is InChI=1S/C25H25NO6/c1-16-21(26-24(31-16)18-6-3-2-4-7-18)15-20-14-19-12-17(8-9-22(19)32-20)13-23(25(28)29)30-11-5-10-27/h2-4,6-9,12,14,23,27H,5,10-11,13,15H2,1H3,(H,28,29). The number of aromatic nitrogens is 1. The molecule has 0 aliphatic rings. The number of fused-ring (bicyclic) bond motifs is 1. The van der Waals surface area contributed by atoms with Crippen LogP contribution in [0.15, 0.2) is 63.4 Å². The van der Waals surface area contributed by atoms with Crippen molar-refractivity contribution in [1.82, 2.24) is 4.98 Å². The number of carboxylic acid groups (broad SMARTS) is 1. The fourth-order valence-electron chi connectivity index (χ4n) is 3.54. The minimum Gasteiger partial charge on any atom is -0.479 e. The Balaban J connectivity index is 1.50. The molecule has 0 spiro atoms. The number of aryl methyl sites for hydroxylation is 1. The molecule has 0 fully saturated rings. The van der Waals surface area contributed by atoms with E-state index in [2.05, 4.69) is 4.98 Å². The molecule has 4 rings (SSSR count). The van der Waals surface area contributed by atoms with E-state index in [4.69, 9.17) is 18.7 Å². The second-order valence-electron chi connectivity index (χ2n) is 7.63. The first-order valence-electron chi connectivity index (χ1n) is 10.5. The SMILES string of the molecule is Cc1oc(-c2ccccc2)nc1Cc1cc2cc(CC(OCCCO)C(=O)O)ccc2o1. The maximum atomic E-state index is 11.5. The van der Waals surface area contributed by atoms with Gasteiger partial charge < -0.3 is 23.8 Å². The molecule has 0 aliphatic heterocycles. The number of carboxylic acids is 1. The summed E-state index contributed by atoms with van der Waals surface area (Å²) in [7, 11) is 0. The summed E-state index contributed by atoms with van der Waals surface area (Å²) in [5.41, 5.74) is 3.29. The van der Waals surface area contributed by atoms with Gasteiger partial charge in [0.2, 0.25) is 5.89 Å². The molecule has 1 unspecified atom stereocenters. The quantitative estimate of drug-likeness (QED) is 0.356. The van der Waals surface area contributed by atoms with Crippen molar-refractivity contribution in [2.24, 2.45) is 0 Å². The average molecular weight is 435 g/mol. The van der Waals surface area contributed by atoms with Gasteiger partial charge in [-0.05, 0) is 49.2 Å². The molecule has 0 radical (unpaired) electrons. The van der Waals surface area contributed by atoms with Crippen LogP contribution < -0.4 is 0 Å². The Labute approximate surface area is 185 Å². The largest absolute Gasteiger partial charge is 0.479 e. The van der Waals surface area contributed by atoms with Crippen molar-refractivity contribution >= 4 is 16.9 Å². The highest BCUT2D eigenvalue weighted by atomic mass is 16.5. The maximum absolute atomic E-state index is 11.5. The molecular weight excluding hydrogens is 410 g/mol. The second kappa shape index (κ2) is 9.80. The Hall–Kier alpha value is -3.42. The number of hydrogen-bond donors (Lipinski definition) is 2. The first-order valence-corrected chi connectivity index (χ1v) is 10.5. The second-order valence-corrected chi connectivity index (χ2v) is 7.63. The lowest BCUT2D eigenvalue weighted by molar-refractivity contribution is -0.150. The third-order valence-corrected chi connectivity index (χ3v) is 5.20. The fraction of sp³-hybridized carbons (Fsp3) is 0.280. The molecule has 7 nitrogen and oxygen atoms in total. The zero-order valence-electron chi connectivity index (χ0n) is 17.8. The van der Waals surface area contributed by atoms with Gasteiger partial charge in [0.1, 0.15) is 17.1 Å². The van der Waals surface area contributed by atoms with Gasteiger partial charge in [0.25, 0.3) is 0 Å². The molecule has 4 aromatic rings. The molecule has 0 amide bonds. The van der Waals surface area contributed by atoms with Gasteiger partial charge in [-0.1, -0.05) is 24.3 Å². The van der Waals surface area contributed by atoms with E-state index in [1.54, 1.807) is 0 Å². The highest BCUT2D eigenvalue weighted by molar-refractivity contribution is 5.79. The number of aliphatic hydroxyl groups excluding tert-OH is 1. The van der Waals surface area contributed by atoms with Crippen LogP contribution in [0.2, 0.25) is 0 Å². The van der Waals surface area contributed by atoms with E-state index in [1.807, 2.05) is 61.5 Å². The Kier molecular flexibility index (Phi) is 6.68. The summed E-state index contributed by atoms with van der Waals surface area (Å²) in [6.45, 7) is 2.06. The molecular formula is C25H25NO6. The Bertz CT molecular complexity index is 1190. The highest BCUT2D eigenvalue weighted by Gasteiger charge is 2.19. The summed E-state index contributed by atoms with van der Waals surface area (Å²) in [6.07, 6.45) is 0.176. The number of carbonyl (C=O) groups is 1. The van der Waals surface area contributed by atoms with Gasteiger partial charge in [-0.15, -0.1) is 0 Å². The van der Waals surface area contributed by atoms with Crippen LogP contribution in [0.1, 0.15) is 29.2 Å². The number of oxazole rings is 1. The topological polar surface area (TPSA) is 106 Å². The summed E-state index contributed by atoms with van der Waals surface area (Å²) in [4.78, 5) is 16.1. The predicted octanol–water partition coefficient (Wildman–Crippen LogP) is 4.38. The Morgan fingerprint density at radius 2 is 1.94 bits per heavy atom. The molecule has 0 aliphatic carbocycles. The third kappa shape index (κ3) is 5.07. The van der Waals surface area contributed by atoms with Crippen molar-refractivity contribution < 1.29 is 28.6 Å². The lowest BCUT2D eigenvalue weighted by Gasteiger charge is -2.13. The van der Waals surface area contributed by atoms with E-state index < -0.39 is 12.1 Å². The van der Waals surface area contributed by atoms with Crippen molar-refractivity contribution in [2.75, 3.05) is 13.2 Å². The molecule has 0 saturated heterocycles. The summed E-state index contributed by atoms with van der Waals surface area (Å²) in [5.74, 6) is 1.06. The number of ether oxygens (including phenoxy) is 1. The van der Waals surface area contributed by atoms with E-state index >= 15 is 0 Å². The number of aliphatic hydroxyl groups is 1. The van der Waals surface area contributed by atoms with Crippen molar-refractivity contribution in [3.8, 4) is 11.5 Å². The minimum absolute atomic E-state index is 0.0338. The van der Waals surface area contributed by atoms with Crippen molar-refractivity contribution in [3.63, 3.8) is 0 Å². The molecule has 2 aromatic heterocycles. The van der Waals surface area contributed by atoms with Crippen LogP contribution in [-0.4, -0.2) is 40.5 Å². The first-order chi connectivity index (χ1) is 15.5. The summed E-state index contributed by atoms with van der Waals surface area (Å²) >= 11 is 0. The minimum atomic E-state index is -1.02. The number of rotatable bonds is 10. The summed E-state index contributed by atoms with van der Waals surface area (Å²) < 4.78 is 17.2. The molecule has 2 heterocycles. The monoisotopic (exact) mass is 435 g/mol. The van der Waals surface area contributed by atoms with Crippen LogP contribution in [0.3, 0.4) is 0 Å². The van der Waals surface area contributed by atoms with Crippen molar-refractivity contribution in [3.05, 3.63) is 77.4 Å². The van der Waals surface area contributed by atoms with Gasteiger partial charge in [0.05, 0.1) is 12.1 Å². The van der Waals surface area contributed by atoms with Crippen LogP contribution in [0.4, 0.5) is 0 Å². The molecule has 2 aromatic carbocycles. The van der Waals surface area contributed by atoms with E-state index in [0.717, 1.165) is 39.3 Å². The Morgan fingerprint density at radius 1 is 1.12 bits per heavy atom. The molecule has 7 heteroatoms. The van der Waals surface area contributed by atoms with Crippen molar-refractivity contribution in [2.45, 2.75) is 32.3 Å². The third-order valence-electron chi connectivity index (χ3n) is 5.20. The van der Waals surface area contributed by atoms with Crippen molar-refractivity contribution in [1.29, 1.82) is 0 Å². The first kappa shape index (κ1) is 21.8. The summed E-state index contributed by atoms with van der Waals surface area (Å²) in [5, 5.41) is 19.2. The number of hydrogen-bond acceptors (Lipinski definition) is 6. The van der Waals surface area contributed by atoms with Gasteiger partial charge >= 0.3 is 5.97 Å². The van der Waals surface area contributed by atoms with Crippen LogP contribution in [0.5, 0.6) is 0 Å². The zero-order valence-corrected chi connectivity index (χ0v) is 17.8. The van der Waals surface area contributed by atoms with E-state index in [0.29, 0.717) is 18.7 Å². The predicted molar refractivity (Wildman–Crippen MR) is 118 cm³/mol. The maximum Gasteiger partial charge on any atom is 0.333 e. The van der Waals surface area contributed by atoms with Gasteiger partial charge in [-0.2, -0.15) is 0 Å². The average Bonchev–Trinajstić information content (AvgIpc) is 3.36. The molecule has 0 bridgehead atoms. The van der Waals surface area contributed by atoms with Crippen LogP contribution in [0.25, 0.3) is 22.4 Å². The van der Waals surface area contributed by atoms with Gasteiger partial charge in [0.15, 0.2) is 6.10 Å². The molecule has 2 N–H and O–H groups in total. The number of nitrogens with zero attached hydrogens (tertiary/aromatic N) is 1. The molecule has 0 saturated carbocycles. The van der Waals surface area contributed by atoms with E-state index in [-0.39, 0.29) is 19.6 Å².